The molecule has 1 aromatic heterocycles. The predicted octanol–water partition coefficient (Wildman–Crippen LogP) is 5.58. The summed E-state index contributed by atoms with van der Waals surface area (Å²) in [4.78, 5) is 12.7. The van der Waals surface area contributed by atoms with E-state index < -0.39 is 0 Å². The van der Waals surface area contributed by atoms with Gasteiger partial charge in [-0.3, -0.25) is 4.79 Å². The zero-order valence-electron chi connectivity index (χ0n) is 11.4. The minimum absolute atomic E-state index is 0.0739. The molecule has 0 atom stereocenters. The zero-order valence-corrected chi connectivity index (χ0v) is 13.8. The number of allylic oxidation sites excluding steroid dienone is 2. The molecule has 0 radical (unpaired) electrons. The summed E-state index contributed by atoms with van der Waals surface area (Å²) in [5.74, 6) is -0.0739. The van der Waals surface area contributed by atoms with Crippen molar-refractivity contribution in [2.24, 2.45) is 0 Å². The SMILES string of the molecule is C/C=C(\CC)c1ccc(NC(=O)c2cc(Br)cs2)cc1. The van der Waals surface area contributed by atoms with Crippen LogP contribution in [0.25, 0.3) is 5.57 Å². The average molecular weight is 350 g/mol. The number of halogens is 1. The number of anilines is 1. The number of rotatable bonds is 4. The van der Waals surface area contributed by atoms with Crippen LogP contribution in [0.15, 0.2) is 46.3 Å². The van der Waals surface area contributed by atoms with Gasteiger partial charge in [-0.1, -0.05) is 25.1 Å². The molecule has 0 aliphatic carbocycles. The Balaban J connectivity index is 2.09. The van der Waals surface area contributed by atoms with Gasteiger partial charge in [0.1, 0.15) is 0 Å². The summed E-state index contributed by atoms with van der Waals surface area (Å²) in [7, 11) is 0. The van der Waals surface area contributed by atoms with Gasteiger partial charge in [-0.05, 0) is 58.6 Å². The van der Waals surface area contributed by atoms with Gasteiger partial charge in [-0.25, -0.2) is 0 Å². The van der Waals surface area contributed by atoms with Crippen LogP contribution in [-0.2, 0) is 0 Å². The topological polar surface area (TPSA) is 29.1 Å². The minimum atomic E-state index is -0.0739. The highest BCUT2D eigenvalue weighted by Gasteiger charge is 2.08. The molecule has 104 valence electrons. The molecular weight excluding hydrogens is 334 g/mol. The van der Waals surface area contributed by atoms with E-state index in [4.69, 9.17) is 0 Å². The number of benzene rings is 1. The van der Waals surface area contributed by atoms with Crippen molar-refractivity contribution in [3.8, 4) is 0 Å². The maximum Gasteiger partial charge on any atom is 0.265 e. The van der Waals surface area contributed by atoms with Gasteiger partial charge in [0, 0.05) is 15.5 Å². The molecule has 0 spiro atoms. The lowest BCUT2D eigenvalue weighted by Gasteiger charge is -2.07. The van der Waals surface area contributed by atoms with Crippen LogP contribution in [0.2, 0.25) is 0 Å². The molecule has 1 amide bonds. The van der Waals surface area contributed by atoms with Gasteiger partial charge >= 0.3 is 0 Å². The molecule has 0 bridgehead atoms. The largest absolute Gasteiger partial charge is 0.321 e. The molecule has 0 saturated carbocycles. The van der Waals surface area contributed by atoms with Crippen LogP contribution in [0, 0.1) is 0 Å². The van der Waals surface area contributed by atoms with E-state index in [0.29, 0.717) is 4.88 Å². The molecule has 2 nitrogen and oxygen atoms in total. The van der Waals surface area contributed by atoms with Crippen molar-refractivity contribution < 1.29 is 4.79 Å². The van der Waals surface area contributed by atoms with Gasteiger partial charge in [-0.15, -0.1) is 11.3 Å². The number of carbonyl (C=O) groups excluding carboxylic acids is 1. The van der Waals surface area contributed by atoms with Crippen LogP contribution in [0.3, 0.4) is 0 Å². The van der Waals surface area contributed by atoms with Gasteiger partial charge in [-0.2, -0.15) is 0 Å². The number of hydrogen-bond acceptors (Lipinski definition) is 2. The van der Waals surface area contributed by atoms with E-state index in [1.165, 1.54) is 22.5 Å². The van der Waals surface area contributed by atoms with Crippen LogP contribution in [0.4, 0.5) is 5.69 Å². The molecular formula is C16H16BrNOS. The minimum Gasteiger partial charge on any atom is -0.321 e. The van der Waals surface area contributed by atoms with Crippen molar-refractivity contribution in [3.63, 3.8) is 0 Å². The first-order valence-corrected chi connectivity index (χ1v) is 8.12. The summed E-state index contributed by atoms with van der Waals surface area (Å²) >= 11 is 4.78. The Kier molecular flexibility index (Phi) is 5.15. The van der Waals surface area contributed by atoms with Gasteiger partial charge in [0.25, 0.3) is 5.91 Å². The molecule has 0 saturated heterocycles. The van der Waals surface area contributed by atoms with E-state index in [0.717, 1.165) is 16.6 Å². The third kappa shape index (κ3) is 3.58. The highest BCUT2D eigenvalue weighted by molar-refractivity contribution is 9.10. The lowest BCUT2D eigenvalue weighted by Crippen LogP contribution is -2.09. The van der Waals surface area contributed by atoms with E-state index in [-0.39, 0.29) is 5.91 Å². The number of thiophene rings is 1. The van der Waals surface area contributed by atoms with Crippen LogP contribution < -0.4 is 5.32 Å². The Morgan fingerprint density at radius 3 is 2.55 bits per heavy atom. The first-order chi connectivity index (χ1) is 9.63. The molecule has 1 N–H and O–H groups in total. The summed E-state index contributed by atoms with van der Waals surface area (Å²) in [6, 6.07) is 9.78. The summed E-state index contributed by atoms with van der Waals surface area (Å²) in [5.41, 5.74) is 3.33. The van der Waals surface area contributed by atoms with Crippen LogP contribution in [0.5, 0.6) is 0 Å². The normalized spacial score (nSPS) is 11.4. The second-order valence-corrected chi connectivity index (χ2v) is 6.16. The van der Waals surface area contributed by atoms with E-state index in [2.05, 4.69) is 34.2 Å². The maximum atomic E-state index is 12.0. The first-order valence-electron chi connectivity index (χ1n) is 6.45. The van der Waals surface area contributed by atoms with Crippen LogP contribution in [0.1, 0.15) is 35.5 Å². The van der Waals surface area contributed by atoms with E-state index in [9.17, 15) is 4.79 Å². The summed E-state index contributed by atoms with van der Waals surface area (Å²) in [6.07, 6.45) is 3.13. The Morgan fingerprint density at radius 1 is 1.35 bits per heavy atom. The van der Waals surface area contributed by atoms with Crippen molar-refractivity contribution in [2.75, 3.05) is 5.32 Å². The van der Waals surface area contributed by atoms with E-state index in [1.54, 1.807) is 0 Å². The monoisotopic (exact) mass is 349 g/mol. The lowest BCUT2D eigenvalue weighted by molar-refractivity contribution is 0.103. The fourth-order valence-corrected chi connectivity index (χ4v) is 3.29. The molecule has 1 heterocycles. The molecule has 0 unspecified atom stereocenters. The standard InChI is InChI=1S/C16H16BrNOS/c1-3-11(4-2)12-5-7-14(8-6-12)18-16(19)15-9-13(17)10-20-15/h3,5-10H,4H2,1-2H3,(H,18,19)/b11-3+. The highest BCUT2D eigenvalue weighted by atomic mass is 79.9. The molecule has 4 heteroatoms. The van der Waals surface area contributed by atoms with Gasteiger partial charge in [0.05, 0.1) is 4.88 Å². The van der Waals surface area contributed by atoms with Gasteiger partial charge in [0.15, 0.2) is 0 Å². The van der Waals surface area contributed by atoms with Gasteiger partial charge in [0.2, 0.25) is 0 Å². The Hall–Kier alpha value is -1.39. The highest BCUT2D eigenvalue weighted by Crippen LogP contribution is 2.23. The van der Waals surface area contributed by atoms with E-state index >= 15 is 0 Å². The Labute approximate surface area is 131 Å². The maximum absolute atomic E-state index is 12.0. The first kappa shape index (κ1) is 15.0. The fourth-order valence-electron chi connectivity index (χ4n) is 1.97. The average Bonchev–Trinajstić information content (AvgIpc) is 2.89. The summed E-state index contributed by atoms with van der Waals surface area (Å²) in [5, 5.41) is 4.81. The zero-order chi connectivity index (χ0) is 14.5. The second-order valence-electron chi connectivity index (χ2n) is 4.33. The van der Waals surface area contributed by atoms with Crippen molar-refractivity contribution in [1.29, 1.82) is 0 Å². The number of carbonyl (C=O) groups is 1. The summed E-state index contributed by atoms with van der Waals surface area (Å²) < 4.78 is 0.934. The van der Waals surface area contributed by atoms with Crippen molar-refractivity contribution in [1.82, 2.24) is 0 Å². The molecule has 2 rings (SSSR count). The predicted molar refractivity (Wildman–Crippen MR) is 90.4 cm³/mol. The number of amides is 1. The smallest absolute Gasteiger partial charge is 0.265 e. The number of nitrogens with one attached hydrogen (secondary N) is 1. The van der Waals surface area contributed by atoms with Crippen molar-refractivity contribution in [2.45, 2.75) is 20.3 Å². The molecule has 2 aromatic rings. The molecule has 0 aliphatic heterocycles. The lowest BCUT2D eigenvalue weighted by atomic mass is 10.0. The van der Waals surface area contributed by atoms with Crippen molar-refractivity contribution >= 4 is 44.4 Å². The second kappa shape index (κ2) is 6.86. The Morgan fingerprint density at radius 2 is 2.05 bits per heavy atom. The van der Waals surface area contributed by atoms with E-state index in [1.807, 2.05) is 42.6 Å². The number of hydrogen-bond donors (Lipinski definition) is 1. The van der Waals surface area contributed by atoms with Crippen molar-refractivity contribution in [3.05, 3.63) is 56.7 Å². The molecule has 0 fully saturated rings. The van der Waals surface area contributed by atoms with Gasteiger partial charge < -0.3 is 5.32 Å². The molecule has 20 heavy (non-hydrogen) atoms. The third-order valence-electron chi connectivity index (χ3n) is 3.03. The Bertz CT molecular complexity index is 628. The fraction of sp³-hybridized carbons (Fsp3) is 0.188. The third-order valence-corrected chi connectivity index (χ3v) is 4.72. The summed E-state index contributed by atoms with van der Waals surface area (Å²) in [6.45, 7) is 4.18. The molecule has 0 aliphatic rings. The van der Waals surface area contributed by atoms with Crippen LogP contribution in [-0.4, -0.2) is 5.91 Å². The quantitative estimate of drug-likeness (QED) is 0.767. The van der Waals surface area contributed by atoms with Crippen LogP contribution >= 0.6 is 27.3 Å². The molecule has 1 aromatic carbocycles.